The van der Waals surface area contributed by atoms with Crippen LogP contribution in [0.25, 0.3) is 0 Å². The van der Waals surface area contributed by atoms with Crippen molar-refractivity contribution in [3.8, 4) is 11.5 Å². The molecular formula is C17H20O3. The second-order valence-corrected chi connectivity index (χ2v) is 4.99. The first-order chi connectivity index (χ1) is 9.56. The lowest BCUT2D eigenvalue weighted by molar-refractivity contribution is 0.0567. The molecule has 2 aromatic rings. The molecule has 0 aromatic heterocycles. The second kappa shape index (κ2) is 5.97. The minimum atomic E-state index is -0.983. The van der Waals surface area contributed by atoms with Gasteiger partial charge in [-0.05, 0) is 36.2 Å². The van der Waals surface area contributed by atoms with Crippen LogP contribution in [0.2, 0.25) is 0 Å². The highest BCUT2D eigenvalue weighted by atomic mass is 16.5. The molecular weight excluding hydrogens is 252 g/mol. The highest BCUT2D eigenvalue weighted by Gasteiger charge is 2.25. The highest BCUT2D eigenvalue weighted by molar-refractivity contribution is 5.38. The van der Waals surface area contributed by atoms with Gasteiger partial charge in [0.15, 0.2) is 0 Å². The molecule has 106 valence electrons. The van der Waals surface area contributed by atoms with Gasteiger partial charge in [0.05, 0.1) is 19.8 Å². The Morgan fingerprint density at radius 3 is 2.45 bits per heavy atom. The van der Waals surface area contributed by atoms with Gasteiger partial charge in [-0.15, -0.1) is 0 Å². The summed E-state index contributed by atoms with van der Waals surface area (Å²) in [5, 5.41) is 10.8. The molecule has 20 heavy (non-hydrogen) atoms. The molecule has 0 aliphatic carbocycles. The van der Waals surface area contributed by atoms with E-state index in [1.807, 2.05) is 48.5 Å². The summed E-state index contributed by atoms with van der Waals surface area (Å²) in [7, 11) is 3.26. The Balaban J connectivity index is 2.30. The second-order valence-electron chi connectivity index (χ2n) is 4.99. The van der Waals surface area contributed by atoms with Crippen molar-refractivity contribution < 1.29 is 14.6 Å². The van der Waals surface area contributed by atoms with Crippen molar-refractivity contribution in [3.63, 3.8) is 0 Å². The molecule has 0 saturated heterocycles. The van der Waals surface area contributed by atoms with Gasteiger partial charge in [-0.1, -0.05) is 30.3 Å². The summed E-state index contributed by atoms with van der Waals surface area (Å²) in [5.41, 5.74) is 0.814. The third kappa shape index (κ3) is 3.11. The summed E-state index contributed by atoms with van der Waals surface area (Å²) in [4.78, 5) is 0. The zero-order valence-electron chi connectivity index (χ0n) is 12.1. The minimum Gasteiger partial charge on any atom is -0.497 e. The van der Waals surface area contributed by atoms with Gasteiger partial charge in [-0.2, -0.15) is 0 Å². The van der Waals surface area contributed by atoms with Crippen LogP contribution in [0.15, 0.2) is 48.5 Å². The van der Waals surface area contributed by atoms with E-state index in [4.69, 9.17) is 9.47 Å². The molecule has 2 aromatic carbocycles. The number of para-hydroxylation sites is 1. The molecule has 3 heteroatoms. The molecule has 0 bridgehead atoms. The van der Waals surface area contributed by atoms with E-state index >= 15 is 0 Å². The maximum absolute atomic E-state index is 10.8. The third-order valence-corrected chi connectivity index (χ3v) is 3.42. The van der Waals surface area contributed by atoms with E-state index in [1.54, 1.807) is 21.1 Å². The molecule has 0 saturated carbocycles. The van der Waals surface area contributed by atoms with Crippen LogP contribution in [-0.2, 0) is 12.0 Å². The van der Waals surface area contributed by atoms with E-state index in [0.29, 0.717) is 6.42 Å². The maximum Gasteiger partial charge on any atom is 0.122 e. The van der Waals surface area contributed by atoms with Crippen molar-refractivity contribution in [2.75, 3.05) is 14.2 Å². The number of ether oxygens (including phenoxy) is 2. The lowest BCUT2D eigenvalue weighted by Gasteiger charge is -2.25. The van der Waals surface area contributed by atoms with Crippen LogP contribution in [0.5, 0.6) is 11.5 Å². The van der Waals surface area contributed by atoms with E-state index < -0.39 is 5.60 Å². The Kier molecular flexibility index (Phi) is 4.30. The van der Waals surface area contributed by atoms with Gasteiger partial charge in [-0.25, -0.2) is 0 Å². The third-order valence-electron chi connectivity index (χ3n) is 3.42. The summed E-state index contributed by atoms with van der Waals surface area (Å²) in [6.07, 6.45) is 0.476. The fraction of sp³-hybridized carbons (Fsp3) is 0.294. The summed E-state index contributed by atoms with van der Waals surface area (Å²) in [5.74, 6) is 1.53. The quantitative estimate of drug-likeness (QED) is 0.908. The molecule has 0 radical (unpaired) electrons. The summed E-state index contributed by atoms with van der Waals surface area (Å²) in [6.45, 7) is 1.80. The minimum absolute atomic E-state index is 0.476. The Bertz CT molecular complexity index is 576. The van der Waals surface area contributed by atoms with E-state index in [-0.39, 0.29) is 0 Å². The van der Waals surface area contributed by atoms with Gasteiger partial charge >= 0.3 is 0 Å². The number of hydrogen-bond donors (Lipinski definition) is 1. The monoisotopic (exact) mass is 272 g/mol. The fourth-order valence-corrected chi connectivity index (χ4v) is 2.28. The fourth-order valence-electron chi connectivity index (χ4n) is 2.28. The number of aliphatic hydroxyl groups is 1. The van der Waals surface area contributed by atoms with Gasteiger partial charge in [0.2, 0.25) is 0 Å². The van der Waals surface area contributed by atoms with E-state index in [9.17, 15) is 5.11 Å². The summed E-state index contributed by atoms with van der Waals surface area (Å²) < 4.78 is 10.5. The van der Waals surface area contributed by atoms with Crippen LogP contribution in [0.1, 0.15) is 18.1 Å². The zero-order valence-corrected chi connectivity index (χ0v) is 12.1. The molecule has 0 aliphatic rings. The first-order valence-corrected chi connectivity index (χ1v) is 6.55. The molecule has 0 amide bonds. The maximum atomic E-state index is 10.8. The average molecular weight is 272 g/mol. The first-order valence-electron chi connectivity index (χ1n) is 6.55. The van der Waals surface area contributed by atoms with E-state index in [2.05, 4.69) is 0 Å². The largest absolute Gasteiger partial charge is 0.497 e. The van der Waals surface area contributed by atoms with Crippen LogP contribution in [0.4, 0.5) is 0 Å². The molecule has 0 spiro atoms. The molecule has 0 fully saturated rings. The summed E-state index contributed by atoms with van der Waals surface area (Å²) >= 11 is 0. The lowest BCUT2D eigenvalue weighted by Crippen LogP contribution is -2.24. The Morgan fingerprint density at radius 1 is 1.00 bits per heavy atom. The van der Waals surface area contributed by atoms with Crippen molar-refractivity contribution in [2.24, 2.45) is 0 Å². The molecule has 0 heterocycles. The van der Waals surface area contributed by atoms with Crippen molar-refractivity contribution in [1.82, 2.24) is 0 Å². The van der Waals surface area contributed by atoms with Crippen molar-refractivity contribution in [2.45, 2.75) is 18.9 Å². The van der Waals surface area contributed by atoms with Crippen LogP contribution in [0.3, 0.4) is 0 Å². The first kappa shape index (κ1) is 14.4. The molecule has 0 aliphatic heterocycles. The Hall–Kier alpha value is -2.00. The number of rotatable bonds is 5. The summed E-state index contributed by atoms with van der Waals surface area (Å²) in [6, 6.07) is 15.2. The SMILES string of the molecule is COc1cccc(C(C)(O)Cc2ccccc2OC)c1. The topological polar surface area (TPSA) is 38.7 Å². The van der Waals surface area contributed by atoms with E-state index in [0.717, 1.165) is 22.6 Å². The molecule has 1 atom stereocenters. The highest BCUT2D eigenvalue weighted by Crippen LogP contribution is 2.31. The van der Waals surface area contributed by atoms with Crippen molar-refractivity contribution in [1.29, 1.82) is 0 Å². The Labute approximate surface area is 119 Å². The van der Waals surface area contributed by atoms with E-state index in [1.165, 1.54) is 0 Å². The number of hydrogen-bond acceptors (Lipinski definition) is 3. The Morgan fingerprint density at radius 2 is 1.75 bits per heavy atom. The predicted octanol–water partition coefficient (Wildman–Crippen LogP) is 3.15. The number of methoxy groups -OCH3 is 2. The lowest BCUT2D eigenvalue weighted by atomic mass is 9.88. The van der Waals surface area contributed by atoms with Gasteiger partial charge in [0, 0.05) is 6.42 Å². The smallest absolute Gasteiger partial charge is 0.122 e. The van der Waals surface area contributed by atoms with Crippen molar-refractivity contribution >= 4 is 0 Å². The van der Waals surface area contributed by atoms with Crippen LogP contribution in [0, 0.1) is 0 Å². The van der Waals surface area contributed by atoms with Crippen LogP contribution < -0.4 is 9.47 Å². The zero-order chi connectivity index (χ0) is 14.6. The van der Waals surface area contributed by atoms with Crippen LogP contribution in [-0.4, -0.2) is 19.3 Å². The van der Waals surface area contributed by atoms with Gasteiger partial charge in [-0.3, -0.25) is 0 Å². The molecule has 1 N–H and O–H groups in total. The standard InChI is InChI=1S/C17H20O3/c1-17(18,14-8-6-9-15(11-14)19-2)12-13-7-4-5-10-16(13)20-3/h4-11,18H,12H2,1-3H3. The predicted molar refractivity (Wildman–Crippen MR) is 79.3 cm³/mol. The molecule has 2 rings (SSSR count). The number of benzene rings is 2. The normalized spacial score (nSPS) is 13.6. The average Bonchev–Trinajstić information content (AvgIpc) is 2.47. The molecule has 3 nitrogen and oxygen atoms in total. The van der Waals surface area contributed by atoms with Gasteiger partial charge in [0.25, 0.3) is 0 Å². The molecule has 1 unspecified atom stereocenters. The van der Waals surface area contributed by atoms with Gasteiger partial charge < -0.3 is 14.6 Å². The van der Waals surface area contributed by atoms with Crippen molar-refractivity contribution in [3.05, 3.63) is 59.7 Å². The van der Waals surface area contributed by atoms with Crippen LogP contribution >= 0.6 is 0 Å². The van der Waals surface area contributed by atoms with Gasteiger partial charge in [0.1, 0.15) is 11.5 Å².